The van der Waals surface area contributed by atoms with Crippen LogP contribution >= 0.6 is 11.6 Å². The molecule has 1 unspecified atom stereocenters. The number of alkyl halides is 4. The summed E-state index contributed by atoms with van der Waals surface area (Å²) in [7, 11) is 0. The fraction of sp³-hybridized carbons (Fsp3) is 0.533. The standard InChI is InChI=1S/C15H17ClF3NO/c16-10-13-3-1-2-8-20(13)14(21)9-11-4-6-12(7-5-11)15(17,18)19/h4-7,13H,1-3,8-10H2. The molecule has 0 aromatic heterocycles. The fourth-order valence-corrected chi connectivity index (χ4v) is 2.90. The number of halogens is 4. The molecule has 1 atom stereocenters. The maximum atomic E-state index is 12.5. The number of carbonyl (C=O) groups is 1. The molecule has 0 radical (unpaired) electrons. The van der Waals surface area contributed by atoms with E-state index in [1.807, 2.05) is 0 Å². The van der Waals surface area contributed by atoms with Gasteiger partial charge in [0.15, 0.2) is 0 Å². The van der Waals surface area contributed by atoms with Crippen molar-refractivity contribution in [2.75, 3.05) is 12.4 Å². The number of hydrogen-bond donors (Lipinski definition) is 0. The zero-order chi connectivity index (χ0) is 15.5. The second kappa shape index (κ2) is 6.69. The third kappa shape index (κ3) is 4.13. The van der Waals surface area contributed by atoms with Gasteiger partial charge < -0.3 is 4.90 Å². The van der Waals surface area contributed by atoms with Crippen molar-refractivity contribution in [3.8, 4) is 0 Å². The molecule has 21 heavy (non-hydrogen) atoms. The van der Waals surface area contributed by atoms with E-state index in [0.29, 0.717) is 18.0 Å². The quantitative estimate of drug-likeness (QED) is 0.775. The molecule has 6 heteroatoms. The summed E-state index contributed by atoms with van der Waals surface area (Å²) in [5.74, 6) is 0.332. The number of carbonyl (C=O) groups excluding carboxylic acids is 1. The molecule has 1 fully saturated rings. The summed E-state index contributed by atoms with van der Waals surface area (Å²) in [5, 5.41) is 0. The molecule has 1 saturated heterocycles. The number of piperidine rings is 1. The van der Waals surface area contributed by atoms with Gasteiger partial charge in [-0.15, -0.1) is 11.6 Å². The molecular formula is C15H17ClF3NO. The van der Waals surface area contributed by atoms with E-state index in [9.17, 15) is 18.0 Å². The van der Waals surface area contributed by atoms with Gasteiger partial charge >= 0.3 is 6.18 Å². The Morgan fingerprint density at radius 1 is 1.24 bits per heavy atom. The number of amides is 1. The van der Waals surface area contributed by atoms with E-state index >= 15 is 0 Å². The van der Waals surface area contributed by atoms with Crippen molar-refractivity contribution >= 4 is 17.5 Å². The van der Waals surface area contributed by atoms with E-state index < -0.39 is 11.7 Å². The molecule has 0 saturated carbocycles. The molecule has 1 aromatic rings. The maximum absolute atomic E-state index is 12.5. The molecule has 2 nitrogen and oxygen atoms in total. The SMILES string of the molecule is O=C(Cc1ccc(C(F)(F)F)cc1)N1CCCCC1CCl. The first-order chi connectivity index (χ1) is 9.91. The van der Waals surface area contributed by atoms with Crippen LogP contribution in [-0.2, 0) is 17.4 Å². The van der Waals surface area contributed by atoms with E-state index in [2.05, 4.69) is 0 Å². The summed E-state index contributed by atoms with van der Waals surface area (Å²) in [6.45, 7) is 0.677. The summed E-state index contributed by atoms with van der Waals surface area (Å²) >= 11 is 5.87. The van der Waals surface area contributed by atoms with Crippen molar-refractivity contribution in [1.82, 2.24) is 4.90 Å². The van der Waals surface area contributed by atoms with Crippen LogP contribution in [0.2, 0.25) is 0 Å². The Morgan fingerprint density at radius 3 is 2.48 bits per heavy atom. The minimum absolute atomic E-state index is 0.0439. The highest BCUT2D eigenvalue weighted by Crippen LogP contribution is 2.29. The van der Waals surface area contributed by atoms with Crippen molar-refractivity contribution in [2.24, 2.45) is 0 Å². The van der Waals surface area contributed by atoms with Crippen molar-refractivity contribution in [1.29, 1.82) is 0 Å². The van der Waals surface area contributed by atoms with Crippen LogP contribution in [0.15, 0.2) is 24.3 Å². The van der Waals surface area contributed by atoms with Gasteiger partial charge in [-0.05, 0) is 37.0 Å². The van der Waals surface area contributed by atoms with Crippen LogP contribution in [0, 0.1) is 0 Å². The van der Waals surface area contributed by atoms with Gasteiger partial charge in [-0.2, -0.15) is 13.2 Å². The van der Waals surface area contributed by atoms with Crippen LogP contribution in [0.1, 0.15) is 30.4 Å². The topological polar surface area (TPSA) is 20.3 Å². The third-order valence-electron chi connectivity index (χ3n) is 3.76. The average Bonchev–Trinajstić information content (AvgIpc) is 2.46. The maximum Gasteiger partial charge on any atom is 0.416 e. The smallest absolute Gasteiger partial charge is 0.338 e. The van der Waals surface area contributed by atoms with Crippen molar-refractivity contribution in [3.05, 3.63) is 35.4 Å². The highest BCUT2D eigenvalue weighted by Gasteiger charge is 2.30. The predicted octanol–water partition coefficient (Wildman–Crippen LogP) is 3.87. The molecule has 2 rings (SSSR count). The predicted molar refractivity (Wildman–Crippen MR) is 75.2 cm³/mol. The summed E-state index contributed by atoms with van der Waals surface area (Å²) in [6.07, 6.45) is -1.33. The highest BCUT2D eigenvalue weighted by molar-refractivity contribution is 6.18. The third-order valence-corrected chi connectivity index (χ3v) is 4.12. The number of likely N-dealkylation sites (tertiary alicyclic amines) is 1. The second-order valence-corrected chi connectivity index (χ2v) is 5.57. The molecule has 1 aliphatic rings. The Morgan fingerprint density at radius 2 is 1.90 bits per heavy atom. The summed E-state index contributed by atoms with van der Waals surface area (Å²) in [4.78, 5) is 14.0. The van der Waals surface area contributed by atoms with Gasteiger partial charge in [0.25, 0.3) is 0 Å². The Balaban J connectivity index is 2.02. The van der Waals surface area contributed by atoms with Crippen LogP contribution < -0.4 is 0 Å². The Labute approximate surface area is 126 Å². The van der Waals surface area contributed by atoms with Crippen molar-refractivity contribution in [3.63, 3.8) is 0 Å². The summed E-state index contributed by atoms with van der Waals surface area (Å²) in [5.41, 5.74) is -0.109. The normalized spacial score (nSPS) is 19.6. The molecular weight excluding hydrogens is 303 g/mol. The lowest BCUT2D eigenvalue weighted by molar-refractivity contribution is -0.137. The van der Waals surface area contributed by atoms with Crippen LogP contribution in [0.5, 0.6) is 0 Å². The first-order valence-corrected chi connectivity index (χ1v) is 7.47. The average molecular weight is 320 g/mol. The fourth-order valence-electron chi connectivity index (χ4n) is 2.58. The summed E-state index contributed by atoms with van der Waals surface area (Å²) < 4.78 is 37.4. The van der Waals surface area contributed by atoms with Crippen molar-refractivity contribution < 1.29 is 18.0 Å². The van der Waals surface area contributed by atoms with Crippen LogP contribution in [0.3, 0.4) is 0 Å². The number of nitrogens with zero attached hydrogens (tertiary/aromatic N) is 1. The van der Waals surface area contributed by atoms with Gasteiger partial charge in [0.2, 0.25) is 5.91 Å². The van der Waals surface area contributed by atoms with Crippen LogP contribution in [0.25, 0.3) is 0 Å². The zero-order valence-corrected chi connectivity index (χ0v) is 12.3. The number of rotatable bonds is 3. The highest BCUT2D eigenvalue weighted by atomic mass is 35.5. The number of benzene rings is 1. The first kappa shape index (κ1) is 16.1. The van der Waals surface area contributed by atoms with Crippen LogP contribution in [-0.4, -0.2) is 29.3 Å². The molecule has 1 amide bonds. The van der Waals surface area contributed by atoms with Gasteiger partial charge in [0.05, 0.1) is 12.0 Å². The molecule has 0 aliphatic carbocycles. The van der Waals surface area contributed by atoms with E-state index in [4.69, 9.17) is 11.6 Å². The Bertz CT molecular complexity index is 487. The minimum atomic E-state index is -4.35. The molecule has 1 heterocycles. The monoisotopic (exact) mass is 319 g/mol. The molecule has 0 spiro atoms. The van der Waals surface area contributed by atoms with Gasteiger partial charge in [-0.25, -0.2) is 0 Å². The van der Waals surface area contributed by atoms with E-state index in [0.717, 1.165) is 31.4 Å². The summed E-state index contributed by atoms with van der Waals surface area (Å²) in [6, 6.07) is 4.79. The molecule has 116 valence electrons. The van der Waals surface area contributed by atoms with E-state index in [-0.39, 0.29) is 18.4 Å². The lowest BCUT2D eigenvalue weighted by Gasteiger charge is -2.34. The Kier molecular flexibility index (Phi) is 5.14. The minimum Gasteiger partial charge on any atom is -0.338 e. The van der Waals surface area contributed by atoms with Gasteiger partial charge in [-0.1, -0.05) is 12.1 Å². The lowest BCUT2D eigenvalue weighted by atomic mass is 10.0. The van der Waals surface area contributed by atoms with Gasteiger partial charge in [0, 0.05) is 18.5 Å². The van der Waals surface area contributed by atoms with Gasteiger partial charge in [-0.3, -0.25) is 4.79 Å². The van der Waals surface area contributed by atoms with E-state index in [1.54, 1.807) is 4.90 Å². The molecule has 1 aromatic carbocycles. The van der Waals surface area contributed by atoms with E-state index in [1.165, 1.54) is 12.1 Å². The second-order valence-electron chi connectivity index (χ2n) is 5.26. The lowest BCUT2D eigenvalue weighted by Crippen LogP contribution is -2.45. The van der Waals surface area contributed by atoms with Crippen molar-refractivity contribution in [2.45, 2.75) is 37.9 Å². The van der Waals surface area contributed by atoms with Gasteiger partial charge in [0.1, 0.15) is 0 Å². The zero-order valence-electron chi connectivity index (χ0n) is 11.5. The molecule has 0 N–H and O–H groups in total. The Hall–Kier alpha value is -1.23. The molecule has 0 bridgehead atoms. The molecule has 1 aliphatic heterocycles. The first-order valence-electron chi connectivity index (χ1n) is 6.93. The largest absolute Gasteiger partial charge is 0.416 e. The van der Waals surface area contributed by atoms with Crippen LogP contribution in [0.4, 0.5) is 13.2 Å². The number of hydrogen-bond acceptors (Lipinski definition) is 1.